The monoisotopic (exact) mass is 303 g/mol. The van der Waals surface area contributed by atoms with Crippen LogP contribution in [0.5, 0.6) is 0 Å². The van der Waals surface area contributed by atoms with Crippen LogP contribution in [0.3, 0.4) is 0 Å². The first-order chi connectivity index (χ1) is 10.6. The molecule has 1 amide bonds. The lowest BCUT2D eigenvalue weighted by molar-refractivity contribution is 0.0744. The third-order valence-corrected chi connectivity index (χ3v) is 4.01. The fraction of sp³-hybridized carbons (Fsp3) is 0.375. The molecule has 1 fully saturated rings. The van der Waals surface area contributed by atoms with E-state index in [1.54, 1.807) is 30.9 Å². The maximum Gasteiger partial charge on any atom is 0.259 e. The van der Waals surface area contributed by atoms with E-state index in [0.717, 1.165) is 0 Å². The molecule has 2 heterocycles. The van der Waals surface area contributed by atoms with Gasteiger partial charge in [-0.15, -0.1) is 0 Å². The molecule has 6 heteroatoms. The Labute approximate surface area is 128 Å². The van der Waals surface area contributed by atoms with Crippen molar-refractivity contribution in [2.45, 2.75) is 13.8 Å². The number of amides is 1. The minimum Gasteiger partial charge on any atom is -0.366 e. The second-order valence-corrected chi connectivity index (χ2v) is 5.43. The first-order valence-electron chi connectivity index (χ1n) is 7.29. The van der Waals surface area contributed by atoms with Gasteiger partial charge in [-0.2, -0.15) is 0 Å². The van der Waals surface area contributed by atoms with E-state index in [9.17, 15) is 9.18 Å². The van der Waals surface area contributed by atoms with E-state index < -0.39 is 0 Å². The van der Waals surface area contributed by atoms with Gasteiger partial charge in [-0.05, 0) is 26.0 Å². The standard InChI is InChI=1S/C16H18FN3O2/c1-11-15(12(2)22-18-11)16(21)20-9-7-19(8-10-20)14-6-4-3-5-13(14)17/h3-6H,7-10H2,1-2H3. The van der Waals surface area contributed by atoms with E-state index >= 15 is 0 Å². The van der Waals surface area contributed by atoms with Gasteiger partial charge in [-0.1, -0.05) is 17.3 Å². The van der Waals surface area contributed by atoms with Gasteiger partial charge in [-0.25, -0.2) is 4.39 Å². The topological polar surface area (TPSA) is 49.6 Å². The van der Waals surface area contributed by atoms with Crippen molar-refractivity contribution in [3.63, 3.8) is 0 Å². The average molecular weight is 303 g/mol. The molecule has 3 rings (SSSR count). The molecule has 0 atom stereocenters. The number of rotatable bonds is 2. The van der Waals surface area contributed by atoms with Gasteiger partial charge in [0.1, 0.15) is 17.1 Å². The van der Waals surface area contributed by atoms with Crippen LogP contribution in [0.1, 0.15) is 21.8 Å². The lowest BCUT2D eigenvalue weighted by Crippen LogP contribution is -2.49. The lowest BCUT2D eigenvalue weighted by atomic mass is 10.1. The molecule has 116 valence electrons. The number of hydrogen-bond acceptors (Lipinski definition) is 4. The first kappa shape index (κ1) is 14.6. The van der Waals surface area contributed by atoms with Gasteiger partial charge in [0, 0.05) is 26.2 Å². The maximum absolute atomic E-state index is 13.8. The molecular formula is C16H18FN3O2. The smallest absolute Gasteiger partial charge is 0.259 e. The van der Waals surface area contributed by atoms with Crippen molar-refractivity contribution >= 4 is 11.6 Å². The number of carbonyl (C=O) groups is 1. The molecule has 1 aromatic heterocycles. The van der Waals surface area contributed by atoms with E-state index in [2.05, 4.69) is 5.16 Å². The largest absolute Gasteiger partial charge is 0.366 e. The zero-order valence-corrected chi connectivity index (χ0v) is 12.7. The highest BCUT2D eigenvalue weighted by molar-refractivity contribution is 5.96. The molecule has 0 aliphatic carbocycles. The van der Waals surface area contributed by atoms with Crippen molar-refractivity contribution in [2.24, 2.45) is 0 Å². The molecule has 0 saturated carbocycles. The Hall–Kier alpha value is -2.37. The van der Waals surface area contributed by atoms with Crippen molar-refractivity contribution in [3.05, 3.63) is 47.1 Å². The number of halogens is 1. The summed E-state index contributed by atoms with van der Waals surface area (Å²) < 4.78 is 18.9. The Bertz CT molecular complexity index is 671. The van der Waals surface area contributed by atoms with Crippen LogP contribution in [0.15, 0.2) is 28.8 Å². The van der Waals surface area contributed by atoms with Gasteiger partial charge < -0.3 is 14.3 Å². The van der Waals surface area contributed by atoms with Gasteiger partial charge in [0.2, 0.25) is 0 Å². The molecule has 0 unspecified atom stereocenters. The summed E-state index contributed by atoms with van der Waals surface area (Å²) in [5.74, 6) is 0.247. The molecule has 0 N–H and O–H groups in total. The summed E-state index contributed by atoms with van der Waals surface area (Å²) in [6.45, 7) is 5.82. The predicted molar refractivity (Wildman–Crippen MR) is 80.5 cm³/mol. The summed E-state index contributed by atoms with van der Waals surface area (Å²) >= 11 is 0. The van der Waals surface area contributed by atoms with Crippen LogP contribution in [-0.2, 0) is 0 Å². The van der Waals surface area contributed by atoms with Crippen molar-refractivity contribution in [2.75, 3.05) is 31.1 Å². The fourth-order valence-electron chi connectivity index (χ4n) is 2.81. The average Bonchev–Trinajstić information content (AvgIpc) is 2.86. The van der Waals surface area contributed by atoms with Crippen LogP contribution in [-0.4, -0.2) is 42.1 Å². The van der Waals surface area contributed by atoms with E-state index in [1.165, 1.54) is 6.07 Å². The molecule has 1 aromatic carbocycles. The fourth-order valence-corrected chi connectivity index (χ4v) is 2.81. The molecule has 0 radical (unpaired) electrons. The van der Waals surface area contributed by atoms with Crippen LogP contribution in [0, 0.1) is 19.7 Å². The van der Waals surface area contributed by atoms with E-state index in [4.69, 9.17) is 4.52 Å². The van der Waals surface area contributed by atoms with Crippen molar-refractivity contribution < 1.29 is 13.7 Å². The summed E-state index contributed by atoms with van der Waals surface area (Å²) in [6, 6.07) is 6.72. The van der Waals surface area contributed by atoms with Gasteiger partial charge in [0.05, 0.1) is 11.4 Å². The van der Waals surface area contributed by atoms with Crippen LogP contribution in [0.25, 0.3) is 0 Å². The number of aromatic nitrogens is 1. The highest BCUT2D eigenvalue weighted by Crippen LogP contribution is 2.22. The number of carbonyl (C=O) groups excluding carboxylic acids is 1. The molecule has 2 aromatic rings. The van der Waals surface area contributed by atoms with E-state index in [1.807, 2.05) is 11.0 Å². The van der Waals surface area contributed by atoms with Gasteiger partial charge in [0.25, 0.3) is 5.91 Å². The summed E-state index contributed by atoms with van der Waals surface area (Å²) in [7, 11) is 0. The molecule has 22 heavy (non-hydrogen) atoms. The molecule has 1 aliphatic rings. The number of piperazine rings is 1. The summed E-state index contributed by atoms with van der Waals surface area (Å²) in [5.41, 5.74) is 1.74. The molecule has 5 nitrogen and oxygen atoms in total. The highest BCUT2D eigenvalue weighted by atomic mass is 19.1. The minimum absolute atomic E-state index is 0.0653. The van der Waals surface area contributed by atoms with Gasteiger partial charge in [0.15, 0.2) is 0 Å². The Morgan fingerprint density at radius 1 is 1.18 bits per heavy atom. The Kier molecular flexibility index (Phi) is 3.83. The summed E-state index contributed by atoms with van der Waals surface area (Å²) in [4.78, 5) is 16.3. The number of hydrogen-bond donors (Lipinski definition) is 0. The Morgan fingerprint density at radius 2 is 1.86 bits per heavy atom. The van der Waals surface area contributed by atoms with Crippen molar-refractivity contribution in [1.82, 2.24) is 10.1 Å². The highest BCUT2D eigenvalue weighted by Gasteiger charge is 2.27. The van der Waals surface area contributed by atoms with Crippen molar-refractivity contribution in [1.29, 1.82) is 0 Å². The van der Waals surface area contributed by atoms with Crippen LogP contribution in [0.4, 0.5) is 10.1 Å². The van der Waals surface area contributed by atoms with Gasteiger partial charge in [-0.3, -0.25) is 4.79 Å². The van der Waals surface area contributed by atoms with E-state index in [-0.39, 0.29) is 11.7 Å². The van der Waals surface area contributed by atoms with Crippen molar-refractivity contribution in [3.8, 4) is 0 Å². The molecule has 1 saturated heterocycles. The molecule has 0 spiro atoms. The second-order valence-electron chi connectivity index (χ2n) is 5.43. The Morgan fingerprint density at radius 3 is 2.45 bits per heavy atom. The van der Waals surface area contributed by atoms with Crippen LogP contribution < -0.4 is 4.90 Å². The predicted octanol–water partition coefficient (Wildman–Crippen LogP) is 2.39. The van der Waals surface area contributed by atoms with Crippen LogP contribution >= 0.6 is 0 Å². The third-order valence-electron chi connectivity index (χ3n) is 4.01. The number of anilines is 1. The summed E-state index contributed by atoms with van der Waals surface area (Å²) in [5, 5.41) is 3.82. The number of nitrogens with zero attached hydrogens (tertiary/aromatic N) is 3. The molecular weight excluding hydrogens is 285 g/mol. The number of para-hydroxylation sites is 1. The lowest BCUT2D eigenvalue weighted by Gasteiger charge is -2.36. The first-order valence-corrected chi connectivity index (χ1v) is 7.29. The van der Waals surface area contributed by atoms with Crippen LogP contribution in [0.2, 0.25) is 0 Å². The number of aryl methyl sites for hydroxylation is 2. The van der Waals surface area contributed by atoms with Gasteiger partial charge >= 0.3 is 0 Å². The quantitative estimate of drug-likeness (QED) is 0.855. The normalized spacial score (nSPS) is 15.2. The number of benzene rings is 1. The zero-order valence-electron chi connectivity index (χ0n) is 12.7. The Balaban J connectivity index is 1.70. The zero-order chi connectivity index (χ0) is 15.7. The third kappa shape index (κ3) is 2.56. The molecule has 0 bridgehead atoms. The second kappa shape index (κ2) is 5.79. The molecule has 1 aliphatic heterocycles. The SMILES string of the molecule is Cc1noc(C)c1C(=O)N1CCN(c2ccccc2F)CC1. The summed E-state index contributed by atoms with van der Waals surface area (Å²) in [6.07, 6.45) is 0. The maximum atomic E-state index is 13.8. The minimum atomic E-state index is -0.229. The van der Waals surface area contributed by atoms with E-state index in [0.29, 0.717) is 48.9 Å².